The van der Waals surface area contributed by atoms with Gasteiger partial charge in [0.1, 0.15) is 0 Å². The van der Waals surface area contributed by atoms with Gasteiger partial charge in [-0.3, -0.25) is 4.79 Å². The van der Waals surface area contributed by atoms with Crippen molar-refractivity contribution in [2.75, 3.05) is 11.1 Å². The molecule has 0 aliphatic carbocycles. The first kappa shape index (κ1) is 14.6. The molecule has 1 aliphatic rings. The van der Waals surface area contributed by atoms with Crippen molar-refractivity contribution < 1.29 is 23.0 Å². The topological polar surface area (TPSA) is 47.6 Å². The van der Waals surface area contributed by atoms with Crippen LogP contribution in [0.5, 0.6) is 11.5 Å². The highest BCUT2D eigenvalue weighted by molar-refractivity contribution is 8.00. The van der Waals surface area contributed by atoms with Crippen LogP contribution in [0.1, 0.15) is 0 Å². The van der Waals surface area contributed by atoms with Crippen molar-refractivity contribution in [3.8, 4) is 11.5 Å². The number of carbonyl (C=O) groups excluding carboxylic acids is 1. The molecule has 22 heavy (non-hydrogen) atoms. The fourth-order valence-corrected chi connectivity index (χ4v) is 2.61. The molecular weight excluding hydrogens is 312 g/mol. The summed E-state index contributed by atoms with van der Waals surface area (Å²) < 4.78 is 34.4. The Morgan fingerprint density at radius 1 is 1.09 bits per heavy atom. The van der Waals surface area contributed by atoms with E-state index in [4.69, 9.17) is 0 Å². The molecule has 0 radical (unpaired) electrons. The molecule has 0 fully saturated rings. The van der Waals surface area contributed by atoms with Gasteiger partial charge in [0.05, 0.1) is 5.75 Å². The van der Waals surface area contributed by atoms with Crippen LogP contribution in [0.2, 0.25) is 0 Å². The summed E-state index contributed by atoms with van der Waals surface area (Å²) in [6, 6.07) is 13.6. The average Bonchev–Trinajstić information content (AvgIpc) is 2.79. The molecule has 0 bridgehead atoms. The minimum Gasteiger partial charge on any atom is -0.395 e. The summed E-state index contributed by atoms with van der Waals surface area (Å²) in [6.07, 6.45) is -3.66. The van der Waals surface area contributed by atoms with Crippen LogP contribution in [-0.4, -0.2) is 18.0 Å². The molecule has 1 heterocycles. The molecule has 2 aromatic carbocycles. The SMILES string of the molecule is O=C(CSc1ccccc1)Nc1ccc2c(c1)OC(F)(F)O2. The summed E-state index contributed by atoms with van der Waals surface area (Å²) in [4.78, 5) is 12.8. The molecular formula is C15H11F2NO3S. The Labute approximate surface area is 129 Å². The van der Waals surface area contributed by atoms with E-state index in [1.54, 1.807) is 0 Å². The number of hydrogen-bond acceptors (Lipinski definition) is 4. The van der Waals surface area contributed by atoms with E-state index in [9.17, 15) is 13.6 Å². The number of nitrogens with one attached hydrogen (secondary N) is 1. The monoisotopic (exact) mass is 323 g/mol. The van der Waals surface area contributed by atoms with Gasteiger partial charge in [0.25, 0.3) is 0 Å². The highest BCUT2D eigenvalue weighted by Gasteiger charge is 2.43. The van der Waals surface area contributed by atoms with Gasteiger partial charge in [0.15, 0.2) is 11.5 Å². The summed E-state index contributed by atoms with van der Waals surface area (Å²) in [6.45, 7) is 0. The first-order valence-corrected chi connectivity index (χ1v) is 7.38. The Bertz CT molecular complexity index is 694. The van der Waals surface area contributed by atoms with Crippen LogP contribution >= 0.6 is 11.8 Å². The molecule has 4 nitrogen and oxygen atoms in total. The van der Waals surface area contributed by atoms with Crippen molar-refractivity contribution in [3.63, 3.8) is 0 Å². The summed E-state index contributed by atoms with van der Waals surface area (Å²) >= 11 is 1.38. The number of hydrogen-bond donors (Lipinski definition) is 1. The lowest BCUT2D eigenvalue weighted by Crippen LogP contribution is -2.25. The predicted molar refractivity (Wildman–Crippen MR) is 78.4 cm³/mol. The van der Waals surface area contributed by atoms with E-state index >= 15 is 0 Å². The van der Waals surface area contributed by atoms with E-state index in [0.29, 0.717) is 5.69 Å². The zero-order valence-corrected chi connectivity index (χ0v) is 12.0. The Hall–Kier alpha value is -2.28. The van der Waals surface area contributed by atoms with Gasteiger partial charge in [0, 0.05) is 16.6 Å². The highest BCUT2D eigenvalue weighted by atomic mass is 32.2. The minimum atomic E-state index is -3.66. The van der Waals surface area contributed by atoms with Crippen LogP contribution < -0.4 is 14.8 Å². The number of benzene rings is 2. The number of ether oxygens (including phenoxy) is 2. The van der Waals surface area contributed by atoms with Gasteiger partial charge in [-0.2, -0.15) is 0 Å². The molecule has 1 N–H and O–H groups in total. The van der Waals surface area contributed by atoms with Gasteiger partial charge in [-0.25, -0.2) is 0 Å². The average molecular weight is 323 g/mol. The number of thioether (sulfide) groups is 1. The van der Waals surface area contributed by atoms with Crippen molar-refractivity contribution >= 4 is 23.4 Å². The fraction of sp³-hybridized carbons (Fsp3) is 0.133. The lowest BCUT2D eigenvalue weighted by Gasteiger charge is -2.06. The quantitative estimate of drug-likeness (QED) is 0.871. The number of alkyl halides is 2. The van der Waals surface area contributed by atoms with E-state index in [2.05, 4.69) is 14.8 Å². The third kappa shape index (κ3) is 3.48. The molecule has 1 amide bonds. The fourth-order valence-electron chi connectivity index (χ4n) is 1.89. The summed E-state index contributed by atoms with van der Waals surface area (Å²) in [5.74, 6) is -0.172. The van der Waals surface area contributed by atoms with Gasteiger partial charge in [0.2, 0.25) is 5.91 Å². The summed E-state index contributed by atoms with van der Waals surface area (Å²) in [5, 5.41) is 2.63. The van der Waals surface area contributed by atoms with Gasteiger partial charge in [-0.05, 0) is 24.3 Å². The van der Waals surface area contributed by atoms with Crippen LogP contribution in [-0.2, 0) is 4.79 Å². The maximum Gasteiger partial charge on any atom is 0.586 e. The molecule has 3 rings (SSSR count). The Morgan fingerprint density at radius 3 is 2.59 bits per heavy atom. The maximum atomic E-state index is 12.9. The number of halogens is 2. The lowest BCUT2D eigenvalue weighted by atomic mass is 10.3. The second kappa shape index (κ2) is 5.84. The maximum absolute atomic E-state index is 12.9. The second-order valence-electron chi connectivity index (χ2n) is 4.48. The van der Waals surface area contributed by atoms with Gasteiger partial charge in [-0.15, -0.1) is 20.5 Å². The van der Waals surface area contributed by atoms with Crippen LogP contribution in [0.15, 0.2) is 53.4 Å². The molecule has 0 aromatic heterocycles. The number of anilines is 1. The van der Waals surface area contributed by atoms with Crippen molar-refractivity contribution in [1.29, 1.82) is 0 Å². The zero-order chi connectivity index (χ0) is 15.6. The summed E-state index contributed by atoms with van der Waals surface area (Å²) in [7, 11) is 0. The Morgan fingerprint density at radius 2 is 1.82 bits per heavy atom. The molecule has 0 saturated heterocycles. The largest absolute Gasteiger partial charge is 0.586 e. The van der Waals surface area contributed by atoms with E-state index in [-0.39, 0.29) is 23.2 Å². The van der Waals surface area contributed by atoms with Crippen LogP contribution in [0.3, 0.4) is 0 Å². The summed E-state index contributed by atoms with van der Waals surface area (Å²) in [5.41, 5.74) is 0.374. The number of rotatable bonds is 4. The van der Waals surface area contributed by atoms with Crippen molar-refractivity contribution in [2.24, 2.45) is 0 Å². The second-order valence-corrected chi connectivity index (χ2v) is 5.53. The number of amides is 1. The van der Waals surface area contributed by atoms with Crippen LogP contribution in [0.4, 0.5) is 14.5 Å². The smallest absolute Gasteiger partial charge is 0.395 e. The Kier molecular flexibility index (Phi) is 3.89. The van der Waals surface area contributed by atoms with E-state index in [0.717, 1.165) is 4.90 Å². The molecule has 0 saturated carbocycles. The van der Waals surface area contributed by atoms with Gasteiger partial charge >= 0.3 is 6.29 Å². The minimum absolute atomic E-state index is 0.0540. The van der Waals surface area contributed by atoms with E-state index in [1.807, 2.05) is 30.3 Å². The van der Waals surface area contributed by atoms with Crippen molar-refractivity contribution in [1.82, 2.24) is 0 Å². The lowest BCUT2D eigenvalue weighted by molar-refractivity contribution is -0.286. The van der Waals surface area contributed by atoms with E-state index in [1.165, 1.54) is 30.0 Å². The normalized spacial score (nSPS) is 14.6. The Balaban J connectivity index is 1.59. The third-order valence-electron chi connectivity index (χ3n) is 2.80. The highest BCUT2D eigenvalue weighted by Crippen LogP contribution is 2.42. The first-order chi connectivity index (χ1) is 10.5. The third-order valence-corrected chi connectivity index (χ3v) is 3.81. The van der Waals surface area contributed by atoms with Crippen LogP contribution in [0, 0.1) is 0 Å². The van der Waals surface area contributed by atoms with Crippen molar-refractivity contribution in [2.45, 2.75) is 11.2 Å². The zero-order valence-electron chi connectivity index (χ0n) is 11.2. The molecule has 0 unspecified atom stereocenters. The molecule has 0 atom stereocenters. The molecule has 0 spiro atoms. The number of carbonyl (C=O) groups is 1. The van der Waals surface area contributed by atoms with Crippen molar-refractivity contribution in [3.05, 3.63) is 48.5 Å². The molecule has 7 heteroatoms. The van der Waals surface area contributed by atoms with E-state index < -0.39 is 6.29 Å². The molecule has 114 valence electrons. The van der Waals surface area contributed by atoms with Gasteiger partial charge < -0.3 is 14.8 Å². The predicted octanol–water partition coefficient (Wildman–Crippen LogP) is 3.74. The standard InChI is InChI=1S/C15H11F2NO3S/c16-15(17)20-12-7-6-10(8-13(12)21-15)18-14(19)9-22-11-4-2-1-3-5-11/h1-8H,9H2,(H,18,19). The number of fused-ring (bicyclic) bond motifs is 1. The molecule has 2 aromatic rings. The molecule has 1 aliphatic heterocycles. The first-order valence-electron chi connectivity index (χ1n) is 6.39. The van der Waals surface area contributed by atoms with Gasteiger partial charge in [-0.1, -0.05) is 18.2 Å². The van der Waals surface area contributed by atoms with Crippen LogP contribution in [0.25, 0.3) is 0 Å².